The third-order valence-corrected chi connectivity index (χ3v) is 9.48. The number of sulfone groups is 1. The normalized spacial score (nSPS) is 23.6. The van der Waals surface area contributed by atoms with Crippen molar-refractivity contribution in [1.82, 2.24) is 5.32 Å². The Morgan fingerprint density at radius 3 is 2.43 bits per heavy atom. The van der Waals surface area contributed by atoms with E-state index in [4.69, 9.17) is 23.2 Å². The second-order valence-corrected chi connectivity index (χ2v) is 14.9. The third-order valence-electron chi connectivity index (χ3n) is 7.85. The van der Waals surface area contributed by atoms with Gasteiger partial charge in [-0.15, -0.1) is 0 Å². The minimum atomic E-state index is -3.69. The third kappa shape index (κ3) is 5.19. The molecular weight excluding hydrogens is 607 g/mol. The molecule has 2 aliphatic heterocycles. The molecule has 3 aromatic rings. The number of nitrogens with one attached hydrogen (secondary N) is 3. The Kier molecular flexibility index (Phi) is 7.67. The van der Waals surface area contributed by atoms with Gasteiger partial charge in [0.05, 0.1) is 21.6 Å². The van der Waals surface area contributed by atoms with Gasteiger partial charge in [-0.1, -0.05) is 62.2 Å². The number of amides is 2. The number of rotatable bonds is 5. The van der Waals surface area contributed by atoms with Gasteiger partial charge in [0, 0.05) is 28.9 Å². The van der Waals surface area contributed by atoms with Crippen LogP contribution in [0.1, 0.15) is 44.2 Å². The smallest absolute Gasteiger partial charge is 0.242 e. The van der Waals surface area contributed by atoms with E-state index in [9.17, 15) is 18.0 Å². The number of benzene rings is 3. The second kappa shape index (κ2) is 10.6. The molecule has 1 spiro atoms. The second-order valence-electron chi connectivity index (χ2n) is 12.0. The molecule has 3 aromatic carbocycles. The molecule has 42 heavy (non-hydrogen) atoms. The Morgan fingerprint density at radius 1 is 1.07 bits per heavy atom. The average molecular weight is 637 g/mol. The number of anilines is 2. The van der Waals surface area contributed by atoms with Crippen molar-refractivity contribution in [3.05, 3.63) is 87.4 Å². The van der Waals surface area contributed by atoms with Crippen LogP contribution in [0.5, 0.6) is 0 Å². The number of hydrogen-bond donors (Lipinski definition) is 3. The summed E-state index contributed by atoms with van der Waals surface area (Å²) in [6.07, 6.45) is 1.35. The molecule has 0 saturated carbocycles. The molecule has 222 valence electrons. The van der Waals surface area contributed by atoms with Gasteiger partial charge >= 0.3 is 0 Å². The van der Waals surface area contributed by atoms with Gasteiger partial charge in [-0.2, -0.15) is 0 Å². The summed E-state index contributed by atoms with van der Waals surface area (Å²) in [5.41, 5.74) is -1.05. The Bertz CT molecular complexity index is 1730. The van der Waals surface area contributed by atoms with Crippen LogP contribution in [-0.2, 0) is 24.8 Å². The first-order chi connectivity index (χ1) is 19.5. The van der Waals surface area contributed by atoms with Crippen molar-refractivity contribution in [2.45, 2.75) is 55.5 Å². The minimum Gasteiger partial charge on any atom is -0.325 e. The summed E-state index contributed by atoms with van der Waals surface area (Å²) in [6, 6.07) is 10.6. The van der Waals surface area contributed by atoms with Crippen LogP contribution in [-0.4, -0.2) is 38.6 Å². The molecule has 3 N–H and O–H groups in total. The van der Waals surface area contributed by atoms with Gasteiger partial charge in [0.25, 0.3) is 0 Å². The van der Waals surface area contributed by atoms with Crippen molar-refractivity contribution in [2.24, 2.45) is 5.41 Å². The molecule has 2 aliphatic rings. The van der Waals surface area contributed by atoms with Crippen LogP contribution in [0.2, 0.25) is 10.0 Å². The van der Waals surface area contributed by atoms with Crippen LogP contribution in [0.4, 0.5) is 20.2 Å². The van der Waals surface area contributed by atoms with Gasteiger partial charge in [-0.05, 0) is 59.4 Å². The number of hydrogen-bond acceptors (Lipinski definition) is 5. The molecule has 2 amide bonds. The molecular formula is C30H29Cl2F2N3O4S. The predicted molar refractivity (Wildman–Crippen MR) is 159 cm³/mol. The van der Waals surface area contributed by atoms with Crippen LogP contribution in [0, 0.1) is 17.0 Å². The fourth-order valence-electron chi connectivity index (χ4n) is 6.19. The van der Waals surface area contributed by atoms with Gasteiger partial charge in [0.2, 0.25) is 11.8 Å². The number of halogens is 4. The van der Waals surface area contributed by atoms with E-state index in [2.05, 4.69) is 16.0 Å². The van der Waals surface area contributed by atoms with Crippen molar-refractivity contribution in [2.75, 3.05) is 16.9 Å². The standard InChI is InChI=1S/C30H29Cl2F2N3O4S/c1-29(2,3)14-23-30(18-10-8-15(31)12-22(18)36-28(30)39)24(17-6-5-7-19(32)25(17)34)26(37-23)27(38)35-21-11-9-16(13-20(21)33)42(4,40)41/h5-13,23-24,26,37H,14H2,1-4H3,(H,35,38)(H,36,39)/t23-,24-,26+,30+/m0/s1. The topological polar surface area (TPSA) is 104 Å². The van der Waals surface area contributed by atoms with Crippen molar-refractivity contribution in [3.8, 4) is 0 Å². The number of carbonyl (C=O) groups excluding carboxylic acids is 2. The van der Waals surface area contributed by atoms with E-state index < -0.39 is 56.7 Å². The lowest BCUT2D eigenvalue weighted by Gasteiger charge is -2.37. The van der Waals surface area contributed by atoms with Crippen LogP contribution in [0.15, 0.2) is 59.5 Å². The van der Waals surface area contributed by atoms with Crippen LogP contribution < -0.4 is 16.0 Å². The highest BCUT2D eigenvalue weighted by atomic mass is 35.5. The maximum Gasteiger partial charge on any atom is 0.242 e. The highest BCUT2D eigenvalue weighted by Gasteiger charge is 2.66. The van der Waals surface area contributed by atoms with E-state index in [1.54, 1.807) is 24.3 Å². The van der Waals surface area contributed by atoms with Crippen LogP contribution in [0.25, 0.3) is 0 Å². The summed E-state index contributed by atoms with van der Waals surface area (Å²) in [6.45, 7) is 5.96. The zero-order valence-corrected chi connectivity index (χ0v) is 25.5. The molecule has 1 saturated heterocycles. The van der Waals surface area contributed by atoms with Crippen LogP contribution >= 0.6 is 23.2 Å². The van der Waals surface area contributed by atoms with E-state index >= 15 is 8.78 Å². The van der Waals surface area contributed by atoms with E-state index in [1.807, 2.05) is 20.8 Å². The highest BCUT2D eigenvalue weighted by Crippen LogP contribution is 2.57. The first kappa shape index (κ1) is 30.4. The lowest BCUT2D eigenvalue weighted by atomic mass is 9.62. The Labute approximate surface area is 252 Å². The van der Waals surface area contributed by atoms with Gasteiger partial charge in [0.15, 0.2) is 9.84 Å². The largest absolute Gasteiger partial charge is 0.325 e. The van der Waals surface area contributed by atoms with Gasteiger partial charge in [0.1, 0.15) is 17.0 Å². The number of carbonyl (C=O) groups is 2. The summed E-state index contributed by atoms with van der Waals surface area (Å²) in [4.78, 5) is 27.9. The Hall–Kier alpha value is -3.05. The van der Waals surface area contributed by atoms with Crippen molar-refractivity contribution in [1.29, 1.82) is 0 Å². The van der Waals surface area contributed by atoms with Crippen molar-refractivity contribution in [3.63, 3.8) is 0 Å². The highest BCUT2D eigenvalue weighted by molar-refractivity contribution is 7.90. The van der Waals surface area contributed by atoms with Gasteiger partial charge in [-0.3, -0.25) is 9.59 Å². The molecule has 4 atom stereocenters. The lowest BCUT2D eigenvalue weighted by molar-refractivity contribution is -0.122. The maximum absolute atomic E-state index is 15.8. The molecule has 0 aromatic heterocycles. The predicted octanol–water partition coefficient (Wildman–Crippen LogP) is 6.06. The Morgan fingerprint density at radius 2 is 1.79 bits per heavy atom. The molecule has 0 radical (unpaired) electrons. The fraction of sp³-hybridized carbons (Fsp3) is 0.333. The molecule has 5 rings (SSSR count). The molecule has 7 nitrogen and oxygen atoms in total. The van der Waals surface area contributed by atoms with Crippen molar-refractivity contribution >= 4 is 56.2 Å². The summed E-state index contributed by atoms with van der Waals surface area (Å²) < 4.78 is 54.6. The molecule has 0 aliphatic carbocycles. The van der Waals surface area contributed by atoms with Crippen LogP contribution in [0.3, 0.4) is 0 Å². The first-order valence-corrected chi connectivity index (χ1v) is 15.8. The summed E-state index contributed by atoms with van der Waals surface area (Å²) in [7, 11) is -3.69. The summed E-state index contributed by atoms with van der Waals surface area (Å²) in [5, 5.41) is 8.92. The quantitative estimate of drug-likeness (QED) is 0.316. The Balaban J connectivity index is 1.69. The monoisotopic (exact) mass is 635 g/mol. The van der Waals surface area contributed by atoms with Gasteiger partial charge < -0.3 is 16.0 Å². The number of fused-ring (bicyclic) bond motifs is 2. The summed E-state index contributed by atoms with van der Waals surface area (Å²) >= 11 is 12.5. The molecule has 0 bridgehead atoms. The molecule has 0 unspecified atom stereocenters. The molecule has 12 heteroatoms. The molecule has 1 fully saturated rings. The van der Waals surface area contributed by atoms with Gasteiger partial charge in [-0.25, -0.2) is 17.2 Å². The van der Waals surface area contributed by atoms with Crippen molar-refractivity contribution < 1.29 is 26.8 Å². The SMILES string of the molecule is CC(C)(C)C[C@@H]1N[C@@H](C(=O)Nc2ccc(S(C)(=O)=O)cc2F)[C@H](c2cccc(Cl)c2F)[C@]12C(=O)Nc1cc(Cl)ccc12. The lowest BCUT2D eigenvalue weighted by Crippen LogP contribution is -2.49. The first-order valence-electron chi connectivity index (χ1n) is 13.2. The van der Waals surface area contributed by atoms with E-state index in [1.165, 1.54) is 18.2 Å². The zero-order valence-electron chi connectivity index (χ0n) is 23.2. The fourth-order valence-corrected chi connectivity index (χ4v) is 7.18. The van der Waals surface area contributed by atoms with E-state index in [-0.39, 0.29) is 26.6 Å². The van der Waals surface area contributed by atoms with E-state index in [0.717, 1.165) is 18.4 Å². The minimum absolute atomic E-state index is 0.0393. The average Bonchev–Trinajstić information content (AvgIpc) is 3.35. The molecule has 2 heterocycles. The summed E-state index contributed by atoms with van der Waals surface area (Å²) in [5.74, 6) is -4.04. The maximum atomic E-state index is 15.8. The van der Waals surface area contributed by atoms with E-state index in [0.29, 0.717) is 22.7 Å². The zero-order chi connectivity index (χ0) is 30.8.